The Hall–Kier alpha value is -1.82. The number of carboxylic acid groups (broad SMARTS) is 1. The van der Waals surface area contributed by atoms with Crippen molar-refractivity contribution >= 4 is 30.1 Å². The van der Waals surface area contributed by atoms with E-state index in [-0.39, 0.29) is 23.5 Å². The van der Waals surface area contributed by atoms with Crippen LogP contribution in [0.3, 0.4) is 0 Å². The number of aryl methyl sites for hydroxylation is 1. The summed E-state index contributed by atoms with van der Waals surface area (Å²) in [6, 6.07) is 5.94. The summed E-state index contributed by atoms with van der Waals surface area (Å²) in [5, 5.41) is 8.68. The number of aliphatic carboxylic acids is 1. The van der Waals surface area contributed by atoms with Gasteiger partial charge in [0.2, 0.25) is 0 Å². The molecule has 1 aliphatic rings. The van der Waals surface area contributed by atoms with Gasteiger partial charge in [-0.2, -0.15) is 12.6 Å². The number of fused-ring (bicyclic) bond motifs is 1. The predicted molar refractivity (Wildman–Crippen MR) is 110 cm³/mol. The molecule has 0 saturated carbocycles. The standard InChI is InChI=1S/C21H29NO4S/c1-21(2,27)13-16(23)14-22-19-7-4-3-6-15-12-17(9-10-18(15)19)26-11-5-8-20(24)25/h9-10,12,27H,3-8,11,13-14H2,1-2H3,(H,24,25). The van der Waals surface area contributed by atoms with E-state index >= 15 is 0 Å². The molecule has 1 aromatic carbocycles. The zero-order valence-electron chi connectivity index (χ0n) is 16.2. The largest absolute Gasteiger partial charge is 0.494 e. The highest BCUT2D eigenvalue weighted by Crippen LogP contribution is 2.26. The molecule has 0 saturated heterocycles. The Kier molecular flexibility index (Phi) is 7.90. The Morgan fingerprint density at radius 3 is 2.70 bits per heavy atom. The number of nitrogens with zero attached hydrogens (tertiary/aromatic N) is 1. The second kappa shape index (κ2) is 9.93. The monoisotopic (exact) mass is 391 g/mol. The lowest BCUT2D eigenvalue weighted by Crippen LogP contribution is -2.19. The minimum atomic E-state index is -0.808. The number of benzene rings is 1. The van der Waals surface area contributed by atoms with Crippen LogP contribution < -0.4 is 4.74 Å². The molecule has 0 spiro atoms. The molecule has 1 aliphatic carbocycles. The summed E-state index contributed by atoms with van der Waals surface area (Å²) in [6.07, 6.45) is 4.97. The fourth-order valence-corrected chi connectivity index (χ4v) is 3.37. The van der Waals surface area contributed by atoms with E-state index in [0.717, 1.165) is 42.7 Å². The van der Waals surface area contributed by atoms with Crippen molar-refractivity contribution in [2.75, 3.05) is 13.2 Å². The molecule has 0 aliphatic heterocycles. The maximum atomic E-state index is 12.1. The number of carbonyl (C=O) groups excluding carboxylic acids is 1. The SMILES string of the molecule is CC(C)(S)CC(=O)CN=C1CCCCc2cc(OCCCC(=O)O)ccc21. The van der Waals surface area contributed by atoms with Gasteiger partial charge in [-0.15, -0.1) is 0 Å². The van der Waals surface area contributed by atoms with Gasteiger partial charge in [0.15, 0.2) is 5.78 Å². The molecule has 0 atom stereocenters. The van der Waals surface area contributed by atoms with Crippen LogP contribution in [0.2, 0.25) is 0 Å². The van der Waals surface area contributed by atoms with Gasteiger partial charge in [-0.05, 0) is 61.4 Å². The molecule has 0 amide bonds. The summed E-state index contributed by atoms with van der Waals surface area (Å²) < 4.78 is 5.37. The van der Waals surface area contributed by atoms with Crippen LogP contribution in [0.15, 0.2) is 23.2 Å². The van der Waals surface area contributed by atoms with Crippen LogP contribution in [0.25, 0.3) is 0 Å². The van der Waals surface area contributed by atoms with Gasteiger partial charge in [0, 0.05) is 23.3 Å². The quantitative estimate of drug-likeness (QED) is 0.377. The molecule has 148 valence electrons. The minimum Gasteiger partial charge on any atom is -0.494 e. The third-order valence-electron chi connectivity index (χ3n) is 4.38. The maximum Gasteiger partial charge on any atom is 0.303 e. The Labute approximate surface area is 166 Å². The van der Waals surface area contributed by atoms with E-state index in [1.54, 1.807) is 0 Å². The fourth-order valence-electron chi connectivity index (χ4n) is 3.19. The zero-order valence-corrected chi connectivity index (χ0v) is 17.1. The molecule has 2 rings (SSSR count). The second-order valence-corrected chi connectivity index (χ2v) is 8.87. The number of aliphatic imine (C=N–C) groups is 1. The number of thiol groups is 1. The van der Waals surface area contributed by atoms with Crippen LogP contribution in [-0.4, -0.2) is 40.5 Å². The van der Waals surface area contributed by atoms with Crippen molar-refractivity contribution in [3.63, 3.8) is 0 Å². The van der Waals surface area contributed by atoms with Crippen LogP contribution in [0.5, 0.6) is 5.75 Å². The molecular weight excluding hydrogens is 362 g/mol. The first-order valence-electron chi connectivity index (χ1n) is 9.50. The van der Waals surface area contributed by atoms with Crippen LogP contribution >= 0.6 is 12.6 Å². The van der Waals surface area contributed by atoms with Gasteiger partial charge in [0.05, 0.1) is 13.2 Å². The van der Waals surface area contributed by atoms with Crippen molar-refractivity contribution in [3.8, 4) is 5.75 Å². The summed E-state index contributed by atoms with van der Waals surface area (Å²) in [4.78, 5) is 27.3. The Balaban J connectivity index is 2.05. The number of rotatable bonds is 9. The molecule has 6 heteroatoms. The average molecular weight is 392 g/mol. The van der Waals surface area contributed by atoms with Crippen LogP contribution in [-0.2, 0) is 16.0 Å². The van der Waals surface area contributed by atoms with Crippen LogP contribution in [0.4, 0.5) is 0 Å². The lowest BCUT2D eigenvalue weighted by molar-refractivity contribution is -0.137. The predicted octanol–water partition coefficient (Wildman–Crippen LogP) is 4.11. The fraction of sp³-hybridized carbons (Fsp3) is 0.571. The van der Waals surface area contributed by atoms with Gasteiger partial charge in [-0.25, -0.2) is 0 Å². The summed E-state index contributed by atoms with van der Waals surface area (Å²) in [5.41, 5.74) is 3.28. The van der Waals surface area contributed by atoms with Crippen LogP contribution in [0, 0.1) is 0 Å². The molecule has 5 nitrogen and oxygen atoms in total. The van der Waals surface area contributed by atoms with Gasteiger partial charge >= 0.3 is 5.97 Å². The molecule has 0 heterocycles. The van der Waals surface area contributed by atoms with Gasteiger partial charge in [-0.1, -0.05) is 13.8 Å². The molecule has 0 unspecified atom stereocenters. The average Bonchev–Trinajstić information content (AvgIpc) is 2.77. The number of ether oxygens (including phenoxy) is 1. The van der Waals surface area contributed by atoms with E-state index in [1.165, 1.54) is 5.56 Å². The lowest BCUT2D eigenvalue weighted by atomic mass is 10.0. The number of carboxylic acids is 1. The molecule has 1 N–H and O–H groups in total. The molecule has 0 radical (unpaired) electrons. The van der Waals surface area contributed by atoms with Crippen molar-refractivity contribution in [1.29, 1.82) is 0 Å². The normalized spacial score (nSPS) is 15.9. The number of ketones is 1. The first kappa shape index (κ1) is 21.5. The van der Waals surface area contributed by atoms with Crippen molar-refractivity contribution in [2.24, 2.45) is 4.99 Å². The van der Waals surface area contributed by atoms with Gasteiger partial charge in [0.1, 0.15) is 5.75 Å². The summed E-state index contributed by atoms with van der Waals surface area (Å²) in [5.74, 6) is 0.0530. The van der Waals surface area contributed by atoms with Gasteiger partial charge in [0.25, 0.3) is 0 Å². The molecular formula is C21H29NO4S. The molecule has 27 heavy (non-hydrogen) atoms. The van der Waals surface area contributed by atoms with E-state index in [0.29, 0.717) is 19.4 Å². The second-order valence-electron chi connectivity index (χ2n) is 7.66. The third-order valence-corrected chi connectivity index (χ3v) is 4.54. The highest BCUT2D eigenvalue weighted by Gasteiger charge is 2.18. The third kappa shape index (κ3) is 7.75. The maximum absolute atomic E-state index is 12.1. The Bertz CT molecular complexity index is 707. The topological polar surface area (TPSA) is 76.0 Å². The Morgan fingerprint density at radius 1 is 1.26 bits per heavy atom. The Morgan fingerprint density at radius 2 is 2.00 bits per heavy atom. The lowest BCUT2D eigenvalue weighted by Gasteiger charge is -2.15. The zero-order chi connectivity index (χ0) is 19.9. The van der Waals surface area contributed by atoms with E-state index in [2.05, 4.69) is 17.6 Å². The first-order valence-corrected chi connectivity index (χ1v) is 9.94. The van der Waals surface area contributed by atoms with Gasteiger partial charge < -0.3 is 9.84 Å². The van der Waals surface area contributed by atoms with Crippen LogP contribution in [0.1, 0.15) is 63.5 Å². The van der Waals surface area contributed by atoms with Crippen molar-refractivity contribution in [1.82, 2.24) is 0 Å². The first-order chi connectivity index (χ1) is 12.7. The number of carbonyl (C=O) groups is 2. The summed E-state index contributed by atoms with van der Waals surface area (Å²) >= 11 is 4.42. The molecule has 0 aromatic heterocycles. The van der Waals surface area contributed by atoms with E-state index in [4.69, 9.17) is 9.84 Å². The molecule has 0 fully saturated rings. The minimum absolute atomic E-state index is 0.103. The molecule has 1 aromatic rings. The summed E-state index contributed by atoms with van der Waals surface area (Å²) in [7, 11) is 0. The highest BCUT2D eigenvalue weighted by molar-refractivity contribution is 7.81. The van der Waals surface area contributed by atoms with E-state index < -0.39 is 5.97 Å². The number of Topliss-reactive ketones (excluding diaryl/α,β-unsaturated/α-hetero) is 1. The molecule has 0 bridgehead atoms. The van der Waals surface area contributed by atoms with Crippen molar-refractivity contribution in [2.45, 2.75) is 63.5 Å². The smallest absolute Gasteiger partial charge is 0.303 e. The highest BCUT2D eigenvalue weighted by atomic mass is 32.1. The summed E-state index contributed by atoms with van der Waals surface area (Å²) in [6.45, 7) is 4.45. The van der Waals surface area contributed by atoms with E-state index in [1.807, 2.05) is 32.0 Å². The number of hydrogen-bond donors (Lipinski definition) is 2. The van der Waals surface area contributed by atoms with E-state index in [9.17, 15) is 9.59 Å². The van der Waals surface area contributed by atoms with Gasteiger partial charge in [-0.3, -0.25) is 14.6 Å². The van der Waals surface area contributed by atoms with Crippen molar-refractivity contribution < 1.29 is 19.4 Å². The number of hydrogen-bond acceptors (Lipinski definition) is 5. The van der Waals surface area contributed by atoms with Crippen molar-refractivity contribution in [3.05, 3.63) is 29.3 Å².